The van der Waals surface area contributed by atoms with E-state index in [0.717, 1.165) is 11.9 Å². The number of hydrogen-bond donors (Lipinski definition) is 0. The van der Waals surface area contributed by atoms with Crippen LogP contribution in [0.5, 0.6) is 0 Å². The van der Waals surface area contributed by atoms with Gasteiger partial charge in [-0.1, -0.05) is 0 Å². The van der Waals surface area contributed by atoms with Gasteiger partial charge in [0.25, 0.3) is 0 Å². The Kier molecular flexibility index (Phi) is 2.51. The van der Waals surface area contributed by atoms with Crippen molar-refractivity contribution in [3.05, 3.63) is 0 Å². The SMILES string of the molecule is COC1CC(=O)N1SC(C)=O. The number of amides is 1. The molecular weight excluding hydrogens is 166 g/mol. The molecule has 1 saturated heterocycles. The summed E-state index contributed by atoms with van der Waals surface area (Å²) < 4.78 is 6.25. The van der Waals surface area contributed by atoms with Crippen molar-refractivity contribution in [1.29, 1.82) is 0 Å². The van der Waals surface area contributed by atoms with Crippen LogP contribution in [-0.2, 0) is 14.3 Å². The highest BCUT2D eigenvalue weighted by Crippen LogP contribution is 2.28. The minimum atomic E-state index is -0.212. The van der Waals surface area contributed by atoms with Crippen molar-refractivity contribution in [3.8, 4) is 0 Å². The molecule has 1 fully saturated rings. The molecule has 11 heavy (non-hydrogen) atoms. The average molecular weight is 175 g/mol. The van der Waals surface area contributed by atoms with E-state index in [0.29, 0.717) is 6.42 Å². The lowest BCUT2D eigenvalue weighted by atomic mass is 10.2. The topological polar surface area (TPSA) is 46.6 Å². The summed E-state index contributed by atoms with van der Waals surface area (Å²) in [5.41, 5.74) is 0. The molecular formula is C6H9NO3S. The third-order valence-electron chi connectivity index (χ3n) is 1.36. The monoisotopic (exact) mass is 175 g/mol. The molecule has 4 nitrogen and oxygen atoms in total. The zero-order valence-electron chi connectivity index (χ0n) is 6.36. The summed E-state index contributed by atoms with van der Waals surface area (Å²) in [5.74, 6) is -0.0444. The van der Waals surface area contributed by atoms with Gasteiger partial charge in [-0.05, 0) is 0 Å². The summed E-state index contributed by atoms with van der Waals surface area (Å²) >= 11 is 0.902. The Morgan fingerprint density at radius 3 is 2.82 bits per heavy atom. The van der Waals surface area contributed by atoms with Crippen molar-refractivity contribution in [2.45, 2.75) is 19.6 Å². The van der Waals surface area contributed by atoms with Crippen LogP contribution >= 0.6 is 11.9 Å². The second-order valence-electron chi connectivity index (χ2n) is 2.20. The second kappa shape index (κ2) is 3.23. The van der Waals surface area contributed by atoms with E-state index >= 15 is 0 Å². The lowest BCUT2D eigenvalue weighted by molar-refractivity contribution is -0.153. The van der Waals surface area contributed by atoms with Gasteiger partial charge in [0.05, 0.1) is 6.42 Å². The van der Waals surface area contributed by atoms with Crippen LogP contribution in [0, 0.1) is 0 Å². The zero-order chi connectivity index (χ0) is 8.43. The maximum absolute atomic E-state index is 10.8. The van der Waals surface area contributed by atoms with Crippen LogP contribution in [0.1, 0.15) is 13.3 Å². The fourth-order valence-corrected chi connectivity index (χ4v) is 1.53. The molecule has 0 saturated carbocycles. The van der Waals surface area contributed by atoms with Crippen LogP contribution in [0.3, 0.4) is 0 Å². The van der Waals surface area contributed by atoms with Gasteiger partial charge in [0.1, 0.15) is 0 Å². The average Bonchev–Trinajstić information content (AvgIpc) is 1.95. The Bertz CT molecular complexity index is 194. The summed E-state index contributed by atoms with van der Waals surface area (Å²) in [6.07, 6.45) is 0.174. The molecule has 0 radical (unpaired) electrons. The minimum Gasteiger partial charge on any atom is -0.360 e. The van der Waals surface area contributed by atoms with E-state index in [1.54, 1.807) is 0 Å². The fraction of sp³-hybridized carbons (Fsp3) is 0.667. The van der Waals surface area contributed by atoms with Crippen molar-refractivity contribution in [2.24, 2.45) is 0 Å². The normalized spacial score (nSPS) is 23.3. The van der Waals surface area contributed by atoms with E-state index in [9.17, 15) is 9.59 Å². The van der Waals surface area contributed by atoms with E-state index in [-0.39, 0.29) is 17.3 Å². The molecule has 0 N–H and O–H groups in total. The number of carbonyl (C=O) groups excluding carboxylic acids is 2. The molecule has 5 heteroatoms. The maximum Gasteiger partial charge on any atom is 0.239 e. The first-order valence-corrected chi connectivity index (χ1v) is 3.96. The summed E-state index contributed by atoms with van der Waals surface area (Å²) in [5, 5.41) is -0.0971. The van der Waals surface area contributed by atoms with Crippen molar-refractivity contribution in [1.82, 2.24) is 4.31 Å². The van der Waals surface area contributed by atoms with Gasteiger partial charge in [0, 0.05) is 26.0 Å². The van der Waals surface area contributed by atoms with Gasteiger partial charge in [-0.25, -0.2) is 0 Å². The third-order valence-corrected chi connectivity index (χ3v) is 2.25. The van der Waals surface area contributed by atoms with Crippen molar-refractivity contribution < 1.29 is 14.3 Å². The smallest absolute Gasteiger partial charge is 0.239 e. The Labute approximate surface area is 69.0 Å². The van der Waals surface area contributed by atoms with Gasteiger partial charge in [0.15, 0.2) is 6.23 Å². The quantitative estimate of drug-likeness (QED) is 0.450. The fourth-order valence-electron chi connectivity index (χ4n) is 0.798. The maximum atomic E-state index is 10.8. The highest BCUT2D eigenvalue weighted by Gasteiger charge is 2.37. The number of nitrogens with zero attached hydrogens (tertiary/aromatic N) is 1. The van der Waals surface area contributed by atoms with Gasteiger partial charge in [-0.2, -0.15) is 0 Å². The predicted molar refractivity (Wildman–Crippen MR) is 40.5 cm³/mol. The van der Waals surface area contributed by atoms with E-state index < -0.39 is 0 Å². The standard InChI is InChI=1S/C6H9NO3S/c1-4(8)11-7-5(9)3-6(7)10-2/h6H,3H2,1-2H3. The molecule has 1 heterocycles. The van der Waals surface area contributed by atoms with Crippen molar-refractivity contribution >= 4 is 23.0 Å². The molecule has 0 aromatic heterocycles. The van der Waals surface area contributed by atoms with Crippen LogP contribution in [-0.4, -0.2) is 28.7 Å². The first-order valence-electron chi connectivity index (χ1n) is 3.18. The molecule has 1 aliphatic heterocycles. The molecule has 0 aromatic rings. The summed E-state index contributed by atoms with van der Waals surface area (Å²) in [6.45, 7) is 1.42. The summed E-state index contributed by atoms with van der Waals surface area (Å²) in [6, 6.07) is 0. The molecule has 0 aromatic carbocycles. The van der Waals surface area contributed by atoms with Gasteiger partial charge in [-0.15, -0.1) is 0 Å². The zero-order valence-corrected chi connectivity index (χ0v) is 7.18. The van der Waals surface area contributed by atoms with E-state index in [1.807, 2.05) is 0 Å². The minimum absolute atomic E-state index is 0.0444. The van der Waals surface area contributed by atoms with Crippen LogP contribution in [0.25, 0.3) is 0 Å². The van der Waals surface area contributed by atoms with Crippen molar-refractivity contribution in [2.75, 3.05) is 7.11 Å². The highest BCUT2D eigenvalue weighted by atomic mass is 32.2. The van der Waals surface area contributed by atoms with E-state index in [2.05, 4.69) is 0 Å². The molecule has 0 aliphatic carbocycles. The Hall–Kier alpha value is -0.550. The van der Waals surface area contributed by atoms with Crippen LogP contribution in [0.15, 0.2) is 0 Å². The van der Waals surface area contributed by atoms with E-state index in [4.69, 9.17) is 4.74 Å². The van der Waals surface area contributed by atoms with Crippen LogP contribution < -0.4 is 0 Å². The molecule has 1 amide bonds. The second-order valence-corrected chi connectivity index (χ2v) is 3.35. The first kappa shape index (κ1) is 8.55. The highest BCUT2D eigenvalue weighted by molar-refractivity contribution is 8.12. The number of methoxy groups -OCH3 is 1. The number of carbonyl (C=O) groups is 2. The Morgan fingerprint density at radius 2 is 2.45 bits per heavy atom. The first-order chi connectivity index (χ1) is 5.15. The molecule has 1 aliphatic rings. The molecule has 0 bridgehead atoms. The number of rotatable bonds is 2. The van der Waals surface area contributed by atoms with Crippen LogP contribution in [0.4, 0.5) is 0 Å². The van der Waals surface area contributed by atoms with Gasteiger partial charge in [-0.3, -0.25) is 13.9 Å². The van der Waals surface area contributed by atoms with Crippen molar-refractivity contribution in [3.63, 3.8) is 0 Å². The van der Waals surface area contributed by atoms with Crippen LogP contribution in [0.2, 0.25) is 0 Å². The molecule has 1 atom stereocenters. The molecule has 0 spiro atoms. The largest absolute Gasteiger partial charge is 0.360 e. The third kappa shape index (κ3) is 1.72. The molecule has 1 rings (SSSR count). The predicted octanol–water partition coefficient (Wildman–Crippen LogP) is 0.386. The van der Waals surface area contributed by atoms with Gasteiger partial charge >= 0.3 is 0 Å². The summed E-state index contributed by atoms with van der Waals surface area (Å²) in [7, 11) is 1.52. The summed E-state index contributed by atoms with van der Waals surface area (Å²) in [4.78, 5) is 21.4. The molecule has 62 valence electrons. The van der Waals surface area contributed by atoms with E-state index in [1.165, 1.54) is 18.3 Å². The number of ether oxygens (including phenoxy) is 1. The lowest BCUT2D eigenvalue weighted by Gasteiger charge is -2.36. The van der Waals surface area contributed by atoms with Gasteiger partial charge < -0.3 is 4.74 Å². The number of β-lactam (4-membered cyclic amide) rings is 1. The number of hydrogen-bond acceptors (Lipinski definition) is 4. The Balaban J connectivity index is 2.42. The van der Waals surface area contributed by atoms with Gasteiger partial charge in [0.2, 0.25) is 11.0 Å². The molecule has 1 unspecified atom stereocenters. The lowest BCUT2D eigenvalue weighted by Crippen LogP contribution is -2.49. The Morgan fingerprint density at radius 1 is 1.82 bits per heavy atom.